The predicted molar refractivity (Wildman–Crippen MR) is 79.7 cm³/mol. The number of halogens is 4. The largest absolute Gasteiger partial charge is 0.416 e. The number of sulfonamides is 1. The summed E-state index contributed by atoms with van der Waals surface area (Å²) in [6.45, 7) is 4.52. The number of nitrogens with one attached hydrogen (secondary N) is 1. The molecule has 0 aromatic heterocycles. The second-order valence-corrected chi connectivity index (χ2v) is 7.01. The number of nitrogens with zero attached hydrogens (tertiary/aromatic N) is 1. The molecule has 0 amide bonds. The number of benzene rings is 1. The first-order valence-corrected chi connectivity index (χ1v) is 7.98. The number of hydrogen-bond donors (Lipinski definition) is 1. The number of rotatable bonds is 2. The van der Waals surface area contributed by atoms with Crippen molar-refractivity contribution in [2.45, 2.75) is 31.0 Å². The lowest BCUT2D eigenvalue weighted by molar-refractivity contribution is -0.137. The maximum absolute atomic E-state index is 12.6. The van der Waals surface area contributed by atoms with Crippen LogP contribution in [0.2, 0.25) is 0 Å². The maximum atomic E-state index is 12.6. The van der Waals surface area contributed by atoms with Crippen molar-refractivity contribution in [3.63, 3.8) is 0 Å². The molecule has 1 aliphatic rings. The highest BCUT2D eigenvalue weighted by Crippen LogP contribution is 2.32. The van der Waals surface area contributed by atoms with Crippen molar-refractivity contribution in [2.75, 3.05) is 19.6 Å². The molecule has 1 aliphatic heterocycles. The average Bonchev–Trinajstić information content (AvgIpc) is 2.37. The summed E-state index contributed by atoms with van der Waals surface area (Å²) < 4.78 is 64.5. The van der Waals surface area contributed by atoms with Gasteiger partial charge in [-0.1, -0.05) is 0 Å². The van der Waals surface area contributed by atoms with E-state index in [1.54, 1.807) is 6.92 Å². The third-order valence-corrected chi connectivity index (χ3v) is 5.70. The summed E-state index contributed by atoms with van der Waals surface area (Å²) in [5.41, 5.74) is -0.733. The van der Waals surface area contributed by atoms with Crippen LogP contribution in [0.1, 0.15) is 18.1 Å². The number of alkyl halides is 3. The maximum Gasteiger partial charge on any atom is 0.416 e. The van der Waals surface area contributed by atoms with Gasteiger partial charge in [0.25, 0.3) is 0 Å². The first-order valence-electron chi connectivity index (χ1n) is 6.54. The third kappa shape index (κ3) is 3.73. The van der Waals surface area contributed by atoms with Gasteiger partial charge in [0.2, 0.25) is 10.0 Å². The number of piperazine rings is 1. The van der Waals surface area contributed by atoms with Crippen molar-refractivity contribution >= 4 is 22.4 Å². The zero-order valence-corrected chi connectivity index (χ0v) is 13.8. The highest BCUT2D eigenvalue weighted by atomic mass is 35.5. The van der Waals surface area contributed by atoms with Crippen LogP contribution in [-0.2, 0) is 16.2 Å². The van der Waals surface area contributed by atoms with Gasteiger partial charge in [-0.05, 0) is 37.6 Å². The normalized spacial score (nSPS) is 20.5. The molecule has 1 N–H and O–H groups in total. The Kier molecular flexibility index (Phi) is 5.88. The van der Waals surface area contributed by atoms with E-state index in [-0.39, 0.29) is 28.9 Å². The van der Waals surface area contributed by atoms with E-state index in [1.807, 2.05) is 0 Å². The van der Waals surface area contributed by atoms with Crippen LogP contribution in [0.4, 0.5) is 13.2 Å². The van der Waals surface area contributed by atoms with Gasteiger partial charge in [-0.3, -0.25) is 0 Å². The molecule has 9 heteroatoms. The van der Waals surface area contributed by atoms with Crippen LogP contribution < -0.4 is 5.32 Å². The Labute approximate surface area is 134 Å². The molecule has 1 aromatic rings. The molecule has 4 nitrogen and oxygen atoms in total. The Balaban J connectivity index is 0.00000242. The van der Waals surface area contributed by atoms with Crippen molar-refractivity contribution in [3.05, 3.63) is 29.3 Å². The molecule has 1 atom stereocenters. The van der Waals surface area contributed by atoms with Crippen molar-refractivity contribution in [2.24, 2.45) is 0 Å². The average molecular weight is 359 g/mol. The smallest absolute Gasteiger partial charge is 0.314 e. The van der Waals surface area contributed by atoms with E-state index in [0.29, 0.717) is 19.6 Å². The molecule has 2 rings (SSSR count). The molecule has 0 aliphatic carbocycles. The summed E-state index contributed by atoms with van der Waals surface area (Å²) in [6, 6.07) is 2.50. The molecule has 1 aromatic carbocycles. The van der Waals surface area contributed by atoms with Gasteiger partial charge in [-0.2, -0.15) is 17.5 Å². The molecule has 0 spiro atoms. The summed E-state index contributed by atoms with van der Waals surface area (Å²) in [5, 5.41) is 3.08. The van der Waals surface area contributed by atoms with Gasteiger partial charge in [0.1, 0.15) is 0 Å². The second-order valence-electron chi connectivity index (χ2n) is 5.15. The highest BCUT2D eigenvalue weighted by molar-refractivity contribution is 7.89. The topological polar surface area (TPSA) is 49.4 Å². The van der Waals surface area contributed by atoms with Crippen molar-refractivity contribution < 1.29 is 21.6 Å². The Morgan fingerprint density at radius 2 is 1.95 bits per heavy atom. The zero-order valence-electron chi connectivity index (χ0n) is 12.1. The summed E-state index contributed by atoms with van der Waals surface area (Å²) in [7, 11) is -3.78. The SMILES string of the molecule is Cc1cc(C(F)(F)F)ccc1S(=O)(=O)N1CCNC[C@H]1C.Cl. The van der Waals surface area contributed by atoms with Gasteiger partial charge < -0.3 is 5.32 Å². The van der Waals surface area contributed by atoms with E-state index >= 15 is 0 Å². The quantitative estimate of drug-likeness (QED) is 0.883. The van der Waals surface area contributed by atoms with Gasteiger partial charge in [0, 0.05) is 25.7 Å². The standard InChI is InChI=1S/C13H17F3N2O2S.ClH/c1-9-7-11(13(14,15)16)3-4-12(9)21(19,20)18-6-5-17-8-10(18)2;/h3-4,7,10,17H,5-6,8H2,1-2H3;1H/t10-;/m1./s1. The lowest BCUT2D eigenvalue weighted by Crippen LogP contribution is -2.52. The Hall–Kier alpha value is -0.830. The van der Waals surface area contributed by atoms with Crippen LogP contribution in [0.3, 0.4) is 0 Å². The van der Waals surface area contributed by atoms with Crippen LogP contribution in [0.15, 0.2) is 23.1 Å². The molecule has 0 unspecified atom stereocenters. The van der Waals surface area contributed by atoms with Crippen LogP contribution in [0.25, 0.3) is 0 Å². The van der Waals surface area contributed by atoms with Gasteiger partial charge in [-0.25, -0.2) is 8.42 Å². The first-order chi connectivity index (χ1) is 9.64. The summed E-state index contributed by atoms with van der Waals surface area (Å²) in [6.07, 6.45) is -4.48. The fraction of sp³-hybridized carbons (Fsp3) is 0.538. The third-order valence-electron chi connectivity index (χ3n) is 3.53. The zero-order chi connectivity index (χ0) is 15.8. The fourth-order valence-corrected chi connectivity index (χ4v) is 4.26. The van der Waals surface area contributed by atoms with Gasteiger partial charge >= 0.3 is 6.18 Å². The minimum Gasteiger partial charge on any atom is -0.314 e. The monoisotopic (exact) mass is 358 g/mol. The number of aryl methyl sites for hydroxylation is 1. The van der Waals surface area contributed by atoms with E-state index in [2.05, 4.69) is 5.32 Å². The van der Waals surface area contributed by atoms with Gasteiger partial charge in [0.15, 0.2) is 0 Å². The molecule has 0 saturated carbocycles. The number of hydrogen-bond acceptors (Lipinski definition) is 3. The highest BCUT2D eigenvalue weighted by Gasteiger charge is 2.34. The summed E-state index contributed by atoms with van der Waals surface area (Å²) >= 11 is 0. The molecule has 1 heterocycles. The molecular formula is C13H18ClF3N2O2S. The van der Waals surface area contributed by atoms with Crippen LogP contribution in [0.5, 0.6) is 0 Å². The van der Waals surface area contributed by atoms with Crippen molar-refractivity contribution in [1.82, 2.24) is 9.62 Å². The Morgan fingerprint density at radius 1 is 1.32 bits per heavy atom. The van der Waals surface area contributed by atoms with Crippen molar-refractivity contribution in [1.29, 1.82) is 0 Å². The molecule has 126 valence electrons. The Morgan fingerprint density at radius 3 is 2.45 bits per heavy atom. The Bertz CT molecular complexity index is 635. The van der Waals surface area contributed by atoms with E-state index in [9.17, 15) is 21.6 Å². The predicted octanol–water partition coefficient (Wildman–Crippen LogP) is 2.42. The fourth-order valence-electron chi connectivity index (χ4n) is 2.42. The van der Waals surface area contributed by atoms with Gasteiger partial charge in [0.05, 0.1) is 10.5 Å². The lowest BCUT2D eigenvalue weighted by atomic mass is 10.1. The molecule has 1 saturated heterocycles. The molecular weight excluding hydrogens is 341 g/mol. The molecule has 0 bridgehead atoms. The van der Waals surface area contributed by atoms with Crippen molar-refractivity contribution in [3.8, 4) is 0 Å². The van der Waals surface area contributed by atoms with Crippen LogP contribution in [-0.4, -0.2) is 38.4 Å². The minimum atomic E-state index is -4.48. The first kappa shape index (κ1) is 19.2. The lowest BCUT2D eigenvalue weighted by Gasteiger charge is -2.33. The van der Waals surface area contributed by atoms with E-state index < -0.39 is 21.8 Å². The van der Waals surface area contributed by atoms with E-state index in [0.717, 1.165) is 18.2 Å². The summed E-state index contributed by atoms with van der Waals surface area (Å²) in [5.74, 6) is 0. The second kappa shape index (κ2) is 6.74. The van der Waals surface area contributed by atoms with E-state index in [4.69, 9.17) is 0 Å². The van der Waals surface area contributed by atoms with Crippen LogP contribution >= 0.6 is 12.4 Å². The van der Waals surface area contributed by atoms with Gasteiger partial charge in [-0.15, -0.1) is 12.4 Å². The molecule has 1 fully saturated rings. The van der Waals surface area contributed by atoms with Crippen LogP contribution in [0, 0.1) is 6.92 Å². The van der Waals surface area contributed by atoms with E-state index in [1.165, 1.54) is 11.2 Å². The molecule has 22 heavy (non-hydrogen) atoms. The molecule has 0 radical (unpaired) electrons. The minimum absolute atomic E-state index is 0. The summed E-state index contributed by atoms with van der Waals surface area (Å²) in [4.78, 5) is -0.0655.